The summed E-state index contributed by atoms with van der Waals surface area (Å²) in [4.78, 5) is 11.4. The molecule has 0 amide bonds. The van der Waals surface area contributed by atoms with Crippen LogP contribution in [0, 0.1) is 0 Å². The van der Waals surface area contributed by atoms with Crippen LogP contribution in [-0.2, 0) is 21.0 Å². The van der Waals surface area contributed by atoms with Crippen molar-refractivity contribution in [2.75, 3.05) is 4.31 Å². The van der Waals surface area contributed by atoms with Gasteiger partial charge in [-0.05, 0) is 48.9 Å². The SMILES string of the molecule is CC(C(=O)Cl)N(c1cc(C(F)(F)F)ccc1Cl)S(=O)(=O)c1ccccc1. The molecule has 0 aromatic heterocycles. The Bertz CT molecular complexity index is 918. The molecule has 4 nitrogen and oxygen atoms in total. The van der Waals surface area contributed by atoms with Gasteiger partial charge in [0.05, 0.1) is 21.2 Å². The predicted molar refractivity (Wildman–Crippen MR) is 92.9 cm³/mol. The number of rotatable bonds is 5. The van der Waals surface area contributed by atoms with Crippen molar-refractivity contribution >= 4 is 44.2 Å². The third-order valence-corrected chi connectivity index (χ3v) is 6.03. The van der Waals surface area contributed by atoms with Gasteiger partial charge >= 0.3 is 6.18 Å². The first-order valence-corrected chi connectivity index (χ1v) is 9.31. The van der Waals surface area contributed by atoms with Gasteiger partial charge in [0.15, 0.2) is 0 Å². The largest absolute Gasteiger partial charge is 0.416 e. The number of hydrogen-bond donors (Lipinski definition) is 0. The van der Waals surface area contributed by atoms with Crippen molar-refractivity contribution in [3.63, 3.8) is 0 Å². The molecule has 0 saturated carbocycles. The minimum absolute atomic E-state index is 0.224. The third kappa shape index (κ3) is 4.13. The van der Waals surface area contributed by atoms with Crippen LogP contribution < -0.4 is 4.31 Å². The van der Waals surface area contributed by atoms with Gasteiger partial charge in [0, 0.05) is 0 Å². The number of carbonyl (C=O) groups excluding carboxylic acids is 1. The Hall–Kier alpha value is -1.77. The van der Waals surface area contributed by atoms with Crippen LogP contribution in [0.15, 0.2) is 53.4 Å². The highest BCUT2D eigenvalue weighted by molar-refractivity contribution is 7.93. The number of halogens is 5. The summed E-state index contributed by atoms with van der Waals surface area (Å²) < 4.78 is 65.5. The fraction of sp³-hybridized carbons (Fsp3) is 0.188. The molecule has 0 bridgehead atoms. The topological polar surface area (TPSA) is 54.5 Å². The maximum Gasteiger partial charge on any atom is 0.416 e. The first-order valence-electron chi connectivity index (χ1n) is 7.12. The summed E-state index contributed by atoms with van der Waals surface area (Å²) in [5.41, 5.74) is -1.61. The number of alkyl halides is 3. The molecule has 0 aliphatic heterocycles. The highest BCUT2D eigenvalue weighted by atomic mass is 35.5. The maximum atomic E-state index is 13.0. The molecule has 1 atom stereocenters. The molecule has 2 aromatic carbocycles. The minimum Gasteiger partial charge on any atom is -0.279 e. The number of benzene rings is 2. The molecule has 0 spiro atoms. The van der Waals surface area contributed by atoms with E-state index in [0.717, 1.165) is 13.0 Å². The molecule has 140 valence electrons. The molecule has 1 unspecified atom stereocenters. The zero-order valence-corrected chi connectivity index (χ0v) is 15.5. The van der Waals surface area contributed by atoms with Crippen molar-refractivity contribution in [1.29, 1.82) is 0 Å². The van der Waals surface area contributed by atoms with E-state index in [4.69, 9.17) is 23.2 Å². The fourth-order valence-electron chi connectivity index (χ4n) is 2.20. The lowest BCUT2D eigenvalue weighted by Crippen LogP contribution is -2.42. The van der Waals surface area contributed by atoms with Gasteiger partial charge in [-0.3, -0.25) is 9.10 Å². The van der Waals surface area contributed by atoms with Crippen molar-refractivity contribution in [3.05, 3.63) is 59.1 Å². The molecule has 26 heavy (non-hydrogen) atoms. The molecule has 0 N–H and O–H groups in total. The van der Waals surface area contributed by atoms with Crippen molar-refractivity contribution in [2.24, 2.45) is 0 Å². The van der Waals surface area contributed by atoms with Crippen LogP contribution in [-0.4, -0.2) is 19.7 Å². The van der Waals surface area contributed by atoms with Gasteiger partial charge < -0.3 is 0 Å². The number of sulfonamides is 1. The third-order valence-electron chi connectivity index (χ3n) is 3.49. The van der Waals surface area contributed by atoms with E-state index in [-0.39, 0.29) is 9.92 Å². The quantitative estimate of drug-likeness (QED) is 0.651. The Morgan fingerprint density at radius 3 is 2.19 bits per heavy atom. The Morgan fingerprint density at radius 1 is 1.12 bits per heavy atom. The summed E-state index contributed by atoms with van der Waals surface area (Å²) in [6, 6.07) is 7.64. The molecular formula is C16H12Cl2F3NO3S. The highest BCUT2D eigenvalue weighted by Gasteiger charge is 2.37. The molecule has 0 heterocycles. The number of hydrogen-bond acceptors (Lipinski definition) is 3. The summed E-state index contributed by atoms with van der Waals surface area (Å²) >= 11 is 11.4. The van der Waals surface area contributed by atoms with Crippen LogP contribution in [0.2, 0.25) is 5.02 Å². The predicted octanol–water partition coefficient (Wildman–Crippen LogP) is 4.71. The van der Waals surface area contributed by atoms with E-state index >= 15 is 0 Å². The zero-order valence-electron chi connectivity index (χ0n) is 13.2. The van der Waals surface area contributed by atoms with Crippen LogP contribution >= 0.6 is 23.2 Å². The lowest BCUT2D eigenvalue weighted by molar-refractivity contribution is -0.137. The minimum atomic E-state index is -4.73. The van der Waals surface area contributed by atoms with Gasteiger partial charge in [0.25, 0.3) is 10.0 Å². The molecule has 2 aromatic rings. The highest BCUT2D eigenvalue weighted by Crippen LogP contribution is 2.38. The van der Waals surface area contributed by atoms with E-state index in [0.29, 0.717) is 16.4 Å². The Morgan fingerprint density at radius 2 is 1.69 bits per heavy atom. The monoisotopic (exact) mass is 425 g/mol. The van der Waals surface area contributed by atoms with E-state index in [2.05, 4.69) is 0 Å². The molecule has 10 heteroatoms. The van der Waals surface area contributed by atoms with Gasteiger partial charge in [-0.15, -0.1) is 0 Å². The molecule has 0 aliphatic rings. The first kappa shape index (κ1) is 20.5. The van der Waals surface area contributed by atoms with Gasteiger partial charge in [-0.1, -0.05) is 29.8 Å². The van der Waals surface area contributed by atoms with Crippen molar-refractivity contribution in [1.82, 2.24) is 0 Å². The number of anilines is 1. The maximum absolute atomic E-state index is 13.0. The van der Waals surface area contributed by atoms with E-state index in [1.54, 1.807) is 6.07 Å². The van der Waals surface area contributed by atoms with Crippen LogP contribution in [0.5, 0.6) is 0 Å². The average Bonchev–Trinajstić information content (AvgIpc) is 2.56. The van der Waals surface area contributed by atoms with Gasteiger partial charge in [0.2, 0.25) is 5.24 Å². The summed E-state index contributed by atoms with van der Waals surface area (Å²) in [6.07, 6.45) is -4.73. The van der Waals surface area contributed by atoms with Crippen LogP contribution in [0.1, 0.15) is 12.5 Å². The lowest BCUT2D eigenvalue weighted by Gasteiger charge is -2.29. The summed E-state index contributed by atoms with van der Waals surface area (Å²) in [7, 11) is -4.41. The Balaban J connectivity index is 2.74. The van der Waals surface area contributed by atoms with Crippen molar-refractivity contribution < 1.29 is 26.4 Å². The average molecular weight is 426 g/mol. The normalized spacial score (nSPS) is 13.3. The zero-order chi connectivity index (χ0) is 19.7. The fourth-order valence-corrected chi connectivity index (χ4v) is 4.27. The van der Waals surface area contributed by atoms with E-state index in [9.17, 15) is 26.4 Å². The standard InChI is InChI=1S/C16H12Cl2F3NO3S/c1-10(15(18)23)22(26(24,25)12-5-3-2-4-6-12)14-9-11(16(19,20)21)7-8-13(14)17/h2-10H,1H3. The molecule has 0 aliphatic carbocycles. The van der Waals surface area contributed by atoms with E-state index in [1.807, 2.05) is 0 Å². The van der Waals surface area contributed by atoms with Crippen LogP contribution in [0.3, 0.4) is 0 Å². The van der Waals surface area contributed by atoms with Crippen LogP contribution in [0.25, 0.3) is 0 Å². The molecule has 0 saturated heterocycles. The van der Waals surface area contributed by atoms with E-state index < -0.39 is 38.7 Å². The van der Waals surface area contributed by atoms with Crippen molar-refractivity contribution in [3.8, 4) is 0 Å². The molecule has 0 radical (unpaired) electrons. The second-order valence-corrected chi connectivity index (χ2v) is 7.85. The summed E-state index contributed by atoms with van der Waals surface area (Å²) in [6.45, 7) is 1.16. The van der Waals surface area contributed by atoms with Crippen molar-refractivity contribution in [2.45, 2.75) is 24.0 Å². The van der Waals surface area contributed by atoms with Crippen LogP contribution in [0.4, 0.5) is 18.9 Å². The first-order chi connectivity index (χ1) is 12.0. The second kappa shape index (κ2) is 7.46. The Labute approximate surface area is 158 Å². The molecular weight excluding hydrogens is 414 g/mol. The van der Waals surface area contributed by atoms with E-state index in [1.165, 1.54) is 24.3 Å². The van der Waals surface area contributed by atoms with Gasteiger partial charge in [0.1, 0.15) is 6.04 Å². The lowest BCUT2D eigenvalue weighted by atomic mass is 10.2. The Kier molecular flexibility index (Phi) is 5.89. The summed E-state index contributed by atoms with van der Waals surface area (Å²) in [5, 5.41) is -1.35. The van der Waals surface area contributed by atoms with Gasteiger partial charge in [-0.2, -0.15) is 13.2 Å². The molecule has 2 rings (SSSR count). The van der Waals surface area contributed by atoms with Gasteiger partial charge in [-0.25, -0.2) is 8.42 Å². The smallest absolute Gasteiger partial charge is 0.279 e. The number of nitrogens with zero attached hydrogens (tertiary/aromatic N) is 1. The second-order valence-electron chi connectivity index (χ2n) is 5.26. The molecule has 0 fully saturated rings. The number of carbonyl (C=O) groups is 1. The summed E-state index contributed by atoms with van der Waals surface area (Å²) in [5.74, 6) is 0.